The predicted molar refractivity (Wildman–Crippen MR) is 106 cm³/mol. The number of nitrogens with zero attached hydrogens (tertiary/aromatic N) is 1. The molecule has 0 aromatic heterocycles. The zero-order valence-corrected chi connectivity index (χ0v) is 16.2. The number of benzene rings is 2. The number of fused-ring (bicyclic) bond motifs is 2. The number of methoxy groups -OCH3 is 2. The van der Waals surface area contributed by atoms with E-state index >= 15 is 0 Å². The largest absolute Gasteiger partial charge is 0.497 e. The van der Waals surface area contributed by atoms with E-state index in [4.69, 9.17) is 9.47 Å². The summed E-state index contributed by atoms with van der Waals surface area (Å²) in [5.41, 5.74) is 2.18. The molecule has 28 heavy (non-hydrogen) atoms. The summed E-state index contributed by atoms with van der Waals surface area (Å²) in [6.45, 7) is 1.01. The molecule has 2 aliphatic heterocycles. The third-order valence-electron chi connectivity index (χ3n) is 5.83. The molecule has 1 spiro atoms. The van der Waals surface area contributed by atoms with Crippen LogP contribution in [0.1, 0.15) is 24.0 Å². The molecule has 0 saturated carbocycles. The minimum absolute atomic E-state index is 0.0267. The molecule has 2 aliphatic rings. The standard InChI is InChI=1S/C22H24N2O4/c1-27-16-6-3-15(4-7-16)5-10-20(25)24-12-11-22(14-24)18-13-17(28-2)8-9-19(18)23-21(22)26/h3-4,6-9,13H,5,10-12,14H2,1-2H3,(H,23,26)/t22-/m0/s1. The number of amides is 2. The van der Waals surface area contributed by atoms with Crippen LogP contribution in [0.3, 0.4) is 0 Å². The number of hydrogen-bond donors (Lipinski definition) is 1. The second-order valence-corrected chi connectivity index (χ2v) is 7.36. The van der Waals surface area contributed by atoms with Gasteiger partial charge in [0.15, 0.2) is 0 Å². The van der Waals surface area contributed by atoms with Crippen molar-refractivity contribution in [1.29, 1.82) is 0 Å². The number of ether oxygens (including phenoxy) is 2. The van der Waals surface area contributed by atoms with Gasteiger partial charge in [-0.1, -0.05) is 12.1 Å². The lowest BCUT2D eigenvalue weighted by Crippen LogP contribution is -2.39. The summed E-state index contributed by atoms with van der Waals surface area (Å²) in [5, 5.41) is 2.97. The van der Waals surface area contributed by atoms with Gasteiger partial charge < -0.3 is 19.7 Å². The van der Waals surface area contributed by atoms with E-state index in [-0.39, 0.29) is 11.8 Å². The Morgan fingerprint density at radius 3 is 2.54 bits per heavy atom. The number of hydrogen-bond acceptors (Lipinski definition) is 4. The molecule has 146 valence electrons. The van der Waals surface area contributed by atoms with Crippen LogP contribution in [0, 0.1) is 0 Å². The van der Waals surface area contributed by atoms with E-state index in [1.165, 1.54) is 0 Å². The number of aryl methyl sites for hydroxylation is 1. The third-order valence-corrected chi connectivity index (χ3v) is 5.83. The summed E-state index contributed by atoms with van der Waals surface area (Å²) in [6.07, 6.45) is 1.73. The Bertz CT molecular complexity index is 909. The van der Waals surface area contributed by atoms with Crippen molar-refractivity contribution in [2.75, 3.05) is 32.6 Å². The third kappa shape index (κ3) is 3.09. The average Bonchev–Trinajstić information content (AvgIpc) is 3.29. The van der Waals surface area contributed by atoms with Crippen LogP contribution in [0.25, 0.3) is 0 Å². The fraction of sp³-hybridized carbons (Fsp3) is 0.364. The van der Waals surface area contributed by atoms with Crippen molar-refractivity contribution in [2.24, 2.45) is 0 Å². The molecule has 6 nitrogen and oxygen atoms in total. The van der Waals surface area contributed by atoms with Crippen LogP contribution in [0.2, 0.25) is 0 Å². The number of rotatable bonds is 5. The Balaban J connectivity index is 1.45. The Morgan fingerprint density at radius 2 is 1.82 bits per heavy atom. The molecule has 1 saturated heterocycles. The summed E-state index contributed by atoms with van der Waals surface area (Å²) >= 11 is 0. The van der Waals surface area contributed by atoms with Crippen molar-refractivity contribution < 1.29 is 19.1 Å². The first-order valence-electron chi connectivity index (χ1n) is 9.46. The Hall–Kier alpha value is -3.02. The van der Waals surface area contributed by atoms with Gasteiger partial charge in [-0.05, 0) is 54.3 Å². The van der Waals surface area contributed by atoms with Gasteiger partial charge in [-0.3, -0.25) is 9.59 Å². The minimum atomic E-state index is -0.667. The van der Waals surface area contributed by atoms with Gasteiger partial charge >= 0.3 is 0 Å². The molecular formula is C22H24N2O4. The molecular weight excluding hydrogens is 356 g/mol. The summed E-state index contributed by atoms with van der Waals surface area (Å²) in [4.78, 5) is 27.3. The van der Waals surface area contributed by atoms with Crippen molar-refractivity contribution in [3.05, 3.63) is 53.6 Å². The van der Waals surface area contributed by atoms with E-state index in [1.54, 1.807) is 14.2 Å². The van der Waals surface area contributed by atoms with Crippen LogP contribution < -0.4 is 14.8 Å². The average molecular weight is 380 g/mol. The maximum absolute atomic E-state index is 12.8. The van der Waals surface area contributed by atoms with Gasteiger partial charge in [0.1, 0.15) is 11.5 Å². The number of nitrogens with one attached hydrogen (secondary N) is 1. The molecule has 2 aromatic carbocycles. The predicted octanol–water partition coefficient (Wildman–Crippen LogP) is 2.76. The van der Waals surface area contributed by atoms with E-state index in [0.717, 1.165) is 28.3 Å². The Kier molecular flexibility index (Phi) is 4.71. The molecule has 6 heteroatoms. The lowest BCUT2D eigenvalue weighted by Gasteiger charge is -2.23. The summed E-state index contributed by atoms with van der Waals surface area (Å²) < 4.78 is 10.5. The molecule has 2 aromatic rings. The Morgan fingerprint density at radius 1 is 1.11 bits per heavy atom. The fourth-order valence-corrected chi connectivity index (χ4v) is 4.15. The molecule has 2 amide bonds. The van der Waals surface area contributed by atoms with Gasteiger partial charge in [0.05, 0.1) is 19.6 Å². The second-order valence-electron chi connectivity index (χ2n) is 7.36. The van der Waals surface area contributed by atoms with Crippen molar-refractivity contribution >= 4 is 17.5 Å². The van der Waals surface area contributed by atoms with E-state index < -0.39 is 5.41 Å². The molecule has 4 rings (SSSR count). The van der Waals surface area contributed by atoms with Crippen LogP contribution in [-0.4, -0.2) is 44.0 Å². The fourth-order valence-electron chi connectivity index (χ4n) is 4.15. The highest BCUT2D eigenvalue weighted by Gasteiger charge is 2.52. The van der Waals surface area contributed by atoms with E-state index in [9.17, 15) is 9.59 Å². The van der Waals surface area contributed by atoms with Crippen molar-refractivity contribution in [1.82, 2.24) is 4.90 Å². The number of carbonyl (C=O) groups is 2. The molecule has 1 fully saturated rings. The highest BCUT2D eigenvalue weighted by molar-refractivity contribution is 6.07. The van der Waals surface area contributed by atoms with Crippen LogP contribution in [0.5, 0.6) is 11.5 Å². The van der Waals surface area contributed by atoms with Gasteiger partial charge in [0.25, 0.3) is 0 Å². The topological polar surface area (TPSA) is 67.9 Å². The highest BCUT2D eigenvalue weighted by Crippen LogP contribution is 2.45. The van der Waals surface area contributed by atoms with Crippen LogP contribution >= 0.6 is 0 Å². The van der Waals surface area contributed by atoms with Crippen molar-refractivity contribution in [2.45, 2.75) is 24.7 Å². The van der Waals surface area contributed by atoms with Crippen LogP contribution in [0.4, 0.5) is 5.69 Å². The lowest BCUT2D eigenvalue weighted by atomic mass is 9.81. The van der Waals surface area contributed by atoms with Crippen LogP contribution in [-0.2, 0) is 21.4 Å². The quantitative estimate of drug-likeness (QED) is 0.866. The molecule has 1 N–H and O–H groups in total. The molecule has 0 aliphatic carbocycles. The van der Waals surface area contributed by atoms with E-state index in [0.29, 0.717) is 32.4 Å². The van der Waals surface area contributed by atoms with E-state index in [2.05, 4.69) is 5.32 Å². The van der Waals surface area contributed by atoms with Gasteiger partial charge in [0, 0.05) is 25.2 Å². The van der Waals surface area contributed by atoms with Gasteiger partial charge in [-0.25, -0.2) is 0 Å². The maximum atomic E-state index is 12.8. The Labute approximate surface area is 164 Å². The number of anilines is 1. The minimum Gasteiger partial charge on any atom is -0.497 e. The van der Waals surface area contributed by atoms with Crippen molar-refractivity contribution in [3.8, 4) is 11.5 Å². The maximum Gasteiger partial charge on any atom is 0.237 e. The molecule has 2 heterocycles. The van der Waals surface area contributed by atoms with Gasteiger partial charge in [-0.2, -0.15) is 0 Å². The SMILES string of the molecule is COc1ccc(CCC(=O)N2CC[C@@]3(C2)C(=O)Nc2ccc(OC)cc23)cc1. The van der Waals surface area contributed by atoms with Crippen molar-refractivity contribution in [3.63, 3.8) is 0 Å². The molecule has 0 radical (unpaired) electrons. The molecule has 1 atom stereocenters. The van der Waals surface area contributed by atoms with Crippen LogP contribution in [0.15, 0.2) is 42.5 Å². The van der Waals surface area contributed by atoms with E-state index in [1.807, 2.05) is 47.4 Å². The summed E-state index contributed by atoms with van der Waals surface area (Å²) in [6, 6.07) is 13.4. The first kappa shape index (κ1) is 18.3. The molecule has 0 unspecified atom stereocenters. The second kappa shape index (κ2) is 7.19. The number of likely N-dealkylation sites (tertiary alicyclic amines) is 1. The summed E-state index contributed by atoms with van der Waals surface area (Å²) in [5.74, 6) is 1.58. The first-order chi connectivity index (χ1) is 13.6. The van der Waals surface area contributed by atoms with Gasteiger partial charge in [-0.15, -0.1) is 0 Å². The molecule has 0 bridgehead atoms. The highest BCUT2D eigenvalue weighted by atomic mass is 16.5. The smallest absolute Gasteiger partial charge is 0.237 e. The summed E-state index contributed by atoms with van der Waals surface area (Å²) in [7, 11) is 3.25. The number of carbonyl (C=O) groups excluding carboxylic acids is 2. The zero-order chi connectivity index (χ0) is 19.7. The zero-order valence-electron chi connectivity index (χ0n) is 16.2. The normalized spacial score (nSPS) is 20.2. The van der Waals surface area contributed by atoms with Gasteiger partial charge in [0.2, 0.25) is 11.8 Å². The first-order valence-corrected chi connectivity index (χ1v) is 9.46. The monoisotopic (exact) mass is 380 g/mol. The lowest BCUT2D eigenvalue weighted by molar-refractivity contribution is -0.130.